The minimum absolute atomic E-state index is 0.731. The van der Waals surface area contributed by atoms with Gasteiger partial charge in [-0.3, -0.25) is 0 Å². The van der Waals surface area contributed by atoms with Crippen molar-refractivity contribution in [2.45, 2.75) is 0 Å². The Morgan fingerprint density at radius 3 is 1.38 bits per heavy atom. The molecule has 0 spiro atoms. The van der Waals surface area contributed by atoms with Crippen molar-refractivity contribution in [3.05, 3.63) is 60.7 Å². The molecule has 0 aliphatic rings. The lowest BCUT2D eigenvalue weighted by atomic mass is 10.3. The molecule has 21 heavy (non-hydrogen) atoms. The molecule has 2 rings (SSSR count). The number of thioether (sulfide) groups is 1. The zero-order valence-corrected chi connectivity index (χ0v) is 14.3. The van der Waals surface area contributed by atoms with Crippen LogP contribution in [0, 0.1) is 0 Å². The fraction of sp³-hybridized carbons (Fsp3) is 0.125. The molecule has 0 bridgehead atoms. The van der Waals surface area contributed by atoms with E-state index in [0.29, 0.717) is 0 Å². The van der Waals surface area contributed by atoms with Crippen molar-refractivity contribution in [2.75, 3.05) is 23.9 Å². The molecule has 0 N–H and O–H groups in total. The van der Waals surface area contributed by atoms with Gasteiger partial charge in [0, 0.05) is 25.5 Å². The van der Waals surface area contributed by atoms with Gasteiger partial charge in [-0.1, -0.05) is 60.8 Å². The first kappa shape index (κ1) is 15.9. The van der Waals surface area contributed by atoms with E-state index in [9.17, 15) is 0 Å². The molecule has 0 atom stereocenters. The van der Waals surface area contributed by atoms with E-state index in [2.05, 4.69) is 0 Å². The van der Waals surface area contributed by atoms with E-state index in [0.717, 1.165) is 20.0 Å². The molecule has 2 nitrogen and oxygen atoms in total. The average molecular weight is 333 g/mol. The largest absolute Gasteiger partial charge is 0.330 e. The van der Waals surface area contributed by atoms with Gasteiger partial charge in [-0.2, -0.15) is 0 Å². The highest BCUT2D eigenvalue weighted by molar-refractivity contribution is 8.38. The van der Waals surface area contributed by atoms with E-state index in [1.54, 1.807) is 0 Å². The highest BCUT2D eigenvalue weighted by Gasteiger charge is 2.14. The number of hydrogen-bond donors (Lipinski definition) is 0. The maximum Gasteiger partial charge on any atom is 0.147 e. The van der Waals surface area contributed by atoms with Crippen LogP contribution in [-0.2, 0) is 0 Å². The standard InChI is InChI=1S/C16H16N2S3/c1-17(13-9-5-3-6-10-13)15(19)21-16(20)18(2)14-11-7-4-8-12-14/h3-12H,1-2H3. The van der Waals surface area contributed by atoms with Crippen LogP contribution in [0.5, 0.6) is 0 Å². The summed E-state index contributed by atoms with van der Waals surface area (Å²) in [6.45, 7) is 0. The minimum atomic E-state index is 0.731. The molecule has 2 aromatic carbocycles. The van der Waals surface area contributed by atoms with Gasteiger partial charge in [0.05, 0.1) is 0 Å². The molecule has 0 unspecified atom stereocenters. The molecular formula is C16H16N2S3. The van der Waals surface area contributed by atoms with E-state index >= 15 is 0 Å². The highest BCUT2D eigenvalue weighted by Crippen LogP contribution is 2.22. The van der Waals surface area contributed by atoms with Gasteiger partial charge >= 0.3 is 0 Å². The lowest BCUT2D eigenvalue weighted by molar-refractivity contribution is 1.30. The normalized spacial score (nSPS) is 10.0. The van der Waals surface area contributed by atoms with Crippen LogP contribution in [0.15, 0.2) is 60.7 Å². The van der Waals surface area contributed by atoms with Gasteiger partial charge in [-0.05, 0) is 36.0 Å². The Hall–Kier alpha value is -1.43. The minimum Gasteiger partial charge on any atom is -0.330 e. The summed E-state index contributed by atoms with van der Waals surface area (Å²) >= 11 is 12.4. The van der Waals surface area contributed by atoms with E-state index in [-0.39, 0.29) is 0 Å². The van der Waals surface area contributed by atoms with Crippen molar-refractivity contribution in [1.29, 1.82) is 0 Å². The van der Waals surface area contributed by atoms with Crippen LogP contribution in [0.25, 0.3) is 0 Å². The van der Waals surface area contributed by atoms with Crippen LogP contribution in [-0.4, -0.2) is 22.7 Å². The fourth-order valence-corrected chi connectivity index (χ4v) is 3.20. The Bertz CT molecular complexity index is 558. The maximum absolute atomic E-state index is 5.48. The summed E-state index contributed by atoms with van der Waals surface area (Å²) in [5.41, 5.74) is 2.11. The summed E-state index contributed by atoms with van der Waals surface area (Å²) in [5.74, 6) is 0. The van der Waals surface area contributed by atoms with Crippen LogP contribution in [0.1, 0.15) is 0 Å². The van der Waals surface area contributed by atoms with Gasteiger partial charge in [-0.25, -0.2) is 0 Å². The first-order chi connectivity index (χ1) is 10.1. The van der Waals surface area contributed by atoms with E-state index in [1.165, 1.54) is 11.8 Å². The number of para-hydroxylation sites is 2. The van der Waals surface area contributed by atoms with Crippen molar-refractivity contribution >= 4 is 56.2 Å². The van der Waals surface area contributed by atoms with Crippen LogP contribution in [0.2, 0.25) is 0 Å². The zero-order valence-electron chi connectivity index (χ0n) is 11.9. The number of anilines is 2. The lowest BCUT2D eigenvalue weighted by Crippen LogP contribution is -2.28. The number of benzene rings is 2. The molecule has 0 saturated carbocycles. The van der Waals surface area contributed by atoms with Gasteiger partial charge in [-0.15, -0.1) is 0 Å². The molecule has 2 aromatic rings. The Balaban J connectivity index is 2.01. The third kappa shape index (κ3) is 4.27. The van der Waals surface area contributed by atoms with E-state index in [1.807, 2.05) is 84.6 Å². The number of rotatable bonds is 2. The second kappa shape index (κ2) is 7.54. The third-order valence-electron chi connectivity index (χ3n) is 3.01. The summed E-state index contributed by atoms with van der Waals surface area (Å²) in [6.07, 6.45) is 0. The maximum atomic E-state index is 5.48. The topological polar surface area (TPSA) is 6.48 Å². The zero-order chi connectivity index (χ0) is 15.2. The summed E-state index contributed by atoms with van der Waals surface area (Å²) in [6, 6.07) is 20.0. The Labute approximate surface area is 140 Å². The van der Waals surface area contributed by atoms with Gasteiger partial charge in [0.15, 0.2) is 0 Å². The Morgan fingerprint density at radius 2 is 1.05 bits per heavy atom. The number of thiocarbonyl (C=S) groups is 2. The molecule has 0 heterocycles. The van der Waals surface area contributed by atoms with Crippen molar-refractivity contribution < 1.29 is 0 Å². The molecule has 108 valence electrons. The monoisotopic (exact) mass is 332 g/mol. The second-order valence-electron chi connectivity index (χ2n) is 4.42. The van der Waals surface area contributed by atoms with E-state index < -0.39 is 0 Å². The van der Waals surface area contributed by atoms with Crippen molar-refractivity contribution in [1.82, 2.24) is 0 Å². The lowest BCUT2D eigenvalue weighted by Gasteiger charge is -2.23. The molecule has 0 amide bonds. The van der Waals surface area contributed by atoms with Crippen LogP contribution in [0.4, 0.5) is 11.4 Å². The first-order valence-electron chi connectivity index (χ1n) is 6.43. The number of nitrogens with zero attached hydrogens (tertiary/aromatic N) is 2. The molecule has 0 aromatic heterocycles. The molecule has 0 radical (unpaired) electrons. The van der Waals surface area contributed by atoms with Gasteiger partial charge in [0.25, 0.3) is 0 Å². The average Bonchev–Trinajstić information content (AvgIpc) is 2.55. The molecule has 5 heteroatoms. The summed E-state index contributed by atoms with van der Waals surface area (Å²) in [5, 5.41) is 0. The highest BCUT2D eigenvalue weighted by atomic mass is 32.2. The molecule has 0 fully saturated rings. The summed E-state index contributed by atoms with van der Waals surface area (Å²) < 4.78 is 1.46. The molecule has 0 aliphatic carbocycles. The van der Waals surface area contributed by atoms with Crippen molar-refractivity contribution in [2.24, 2.45) is 0 Å². The van der Waals surface area contributed by atoms with Gasteiger partial charge in [0.2, 0.25) is 0 Å². The molecular weight excluding hydrogens is 316 g/mol. The first-order valence-corrected chi connectivity index (χ1v) is 8.06. The predicted octanol–water partition coefficient (Wildman–Crippen LogP) is 4.56. The second-order valence-corrected chi connectivity index (χ2v) is 6.69. The SMILES string of the molecule is CN(C(=S)SC(=S)N(C)c1ccccc1)c1ccccc1. The Morgan fingerprint density at radius 1 is 0.714 bits per heavy atom. The van der Waals surface area contributed by atoms with Crippen LogP contribution < -0.4 is 9.80 Å². The third-order valence-corrected chi connectivity index (χ3v) is 4.95. The predicted molar refractivity (Wildman–Crippen MR) is 102 cm³/mol. The summed E-state index contributed by atoms with van der Waals surface area (Å²) in [4.78, 5) is 3.93. The van der Waals surface area contributed by atoms with Crippen molar-refractivity contribution in [3.63, 3.8) is 0 Å². The van der Waals surface area contributed by atoms with Crippen molar-refractivity contribution in [3.8, 4) is 0 Å². The smallest absolute Gasteiger partial charge is 0.147 e. The van der Waals surface area contributed by atoms with Gasteiger partial charge in [0.1, 0.15) is 8.64 Å². The van der Waals surface area contributed by atoms with Crippen LogP contribution in [0.3, 0.4) is 0 Å². The van der Waals surface area contributed by atoms with Crippen LogP contribution >= 0.6 is 36.2 Å². The quantitative estimate of drug-likeness (QED) is 0.741. The fourth-order valence-electron chi connectivity index (χ4n) is 1.73. The summed E-state index contributed by atoms with van der Waals surface area (Å²) in [7, 11) is 3.91. The number of hydrogen-bond acceptors (Lipinski definition) is 3. The molecule has 0 saturated heterocycles. The Kier molecular flexibility index (Phi) is 5.73. The van der Waals surface area contributed by atoms with Gasteiger partial charge < -0.3 is 9.80 Å². The molecule has 0 aliphatic heterocycles. The van der Waals surface area contributed by atoms with E-state index in [4.69, 9.17) is 24.4 Å².